The van der Waals surface area contributed by atoms with Gasteiger partial charge in [-0.1, -0.05) is 25.3 Å². The van der Waals surface area contributed by atoms with Gasteiger partial charge in [0.15, 0.2) is 0 Å². The fourth-order valence-corrected chi connectivity index (χ4v) is 2.17. The van der Waals surface area contributed by atoms with Crippen molar-refractivity contribution in [3.63, 3.8) is 0 Å². The van der Waals surface area contributed by atoms with Crippen LogP contribution in [0.15, 0.2) is 25.0 Å². The zero-order valence-corrected chi connectivity index (χ0v) is 10.2. The number of nitrogens with one attached hydrogen (secondary N) is 2. The van der Waals surface area contributed by atoms with Crippen molar-refractivity contribution >= 4 is 11.6 Å². The minimum absolute atomic E-state index is 0.575. The molecule has 0 spiro atoms. The van der Waals surface area contributed by atoms with Gasteiger partial charge in [-0.15, -0.1) is 6.58 Å². The van der Waals surface area contributed by atoms with Crippen LogP contribution in [0.25, 0.3) is 0 Å². The molecule has 17 heavy (non-hydrogen) atoms. The molecule has 1 heterocycles. The van der Waals surface area contributed by atoms with Gasteiger partial charge in [-0.05, 0) is 12.8 Å². The molecule has 2 rings (SSSR count). The Hall–Kier alpha value is -1.58. The first kappa shape index (κ1) is 11.9. The second kappa shape index (κ2) is 6.23. The normalized spacial score (nSPS) is 16.5. The third-order valence-corrected chi connectivity index (χ3v) is 3.05. The van der Waals surface area contributed by atoms with Crippen LogP contribution in [0.3, 0.4) is 0 Å². The van der Waals surface area contributed by atoms with Gasteiger partial charge in [0.05, 0.1) is 0 Å². The van der Waals surface area contributed by atoms with Gasteiger partial charge < -0.3 is 10.6 Å². The average molecular weight is 232 g/mol. The molecule has 0 atom stereocenters. The first-order valence-corrected chi connectivity index (χ1v) is 6.32. The Labute approximate surface area is 103 Å². The Morgan fingerprint density at radius 2 is 2.00 bits per heavy atom. The largest absolute Gasteiger partial charge is 0.367 e. The Balaban J connectivity index is 1.92. The van der Waals surface area contributed by atoms with E-state index < -0.39 is 0 Å². The van der Waals surface area contributed by atoms with Crippen LogP contribution in [0.1, 0.15) is 32.1 Å². The van der Waals surface area contributed by atoms with Gasteiger partial charge in [0.2, 0.25) is 0 Å². The van der Waals surface area contributed by atoms with E-state index in [1.54, 1.807) is 6.33 Å². The lowest BCUT2D eigenvalue weighted by atomic mass is 9.95. The van der Waals surface area contributed by atoms with Crippen LogP contribution in [-0.2, 0) is 0 Å². The summed E-state index contributed by atoms with van der Waals surface area (Å²) in [6, 6.07) is 2.53. The quantitative estimate of drug-likeness (QED) is 0.766. The molecule has 1 saturated carbocycles. The Morgan fingerprint density at radius 3 is 2.76 bits per heavy atom. The van der Waals surface area contributed by atoms with Crippen molar-refractivity contribution in [2.75, 3.05) is 17.2 Å². The molecule has 0 unspecified atom stereocenters. The number of nitrogens with zero attached hydrogens (tertiary/aromatic N) is 2. The number of anilines is 2. The summed E-state index contributed by atoms with van der Waals surface area (Å²) >= 11 is 0. The van der Waals surface area contributed by atoms with E-state index in [4.69, 9.17) is 0 Å². The van der Waals surface area contributed by atoms with Gasteiger partial charge in [-0.2, -0.15) is 0 Å². The molecule has 4 nitrogen and oxygen atoms in total. The first-order chi connectivity index (χ1) is 8.38. The number of rotatable bonds is 5. The van der Waals surface area contributed by atoms with Crippen molar-refractivity contribution in [3.8, 4) is 0 Å². The van der Waals surface area contributed by atoms with Gasteiger partial charge in [0, 0.05) is 18.7 Å². The second-order valence-electron chi connectivity index (χ2n) is 4.44. The van der Waals surface area contributed by atoms with E-state index in [1.807, 2.05) is 12.1 Å². The van der Waals surface area contributed by atoms with Crippen molar-refractivity contribution in [1.29, 1.82) is 0 Å². The Kier molecular flexibility index (Phi) is 4.36. The summed E-state index contributed by atoms with van der Waals surface area (Å²) in [5, 5.41) is 6.64. The molecule has 4 heteroatoms. The van der Waals surface area contributed by atoms with Crippen molar-refractivity contribution in [3.05, 3.63) is 25.0 Å². The van der Waals surface area contributed by atoms with Crippen LogP contribution in [-0.4, -0.2) is 22.6 Å². The molecule has 0 aromatic carbocycles. The number of hydrogen-bond donors (Lipinski definition) is 2. The van der Waals surface area contributed by atoms with Crippen molar-refractivity contribution in [2.45, 2.75) is 38.1 Å². The highest BCUT2D eigenvalue weighted by Gasteiger charge is 2.13. The zero-order valence-electron chi connectivity index (χ0n) is 10.2. The summed E-state index contributed by atoms with van der Waals surface area (Å²) in [5.41, 5.74) is 0. The van der Waals surface area contributed by atoms with Crippen LogP contribution < -0.4 is 10.6 Å². The molecule has 1 aliphatic carbocycles. The molecule has 0 radical (unpaired) electrons. The molecule has 0 saturated heterocycles. The molecule has 1 aliphatic rings. The molecule has 1 fully saturated rings. The predicted molar refractivity (Wildman–Crippen MR) is 71.2 cm³/mol. The smallest absolute Gasteiger partial charge is 0.131 e. The fourth-order valence-electron chi connectivity index (χ4n) is 2.17. The van der Waals surface area contributed by atoms with Gasteiger partial charge in [-0.3, -0.25) is 0 Å². The maximum absolute atomic E-state index is 4.25. The molecule has 0 aliphatic heterocycles. The van der Waals surface area contributed by atoms with Crippen LogP contribution in [0, 0.1) is 0 Å². The van der Waals surface area contributed by atoms with Gasteiger partial charge in [0.1, 0.15) is 18.0 Å². The highest BCUT2D eigenvalue weighted by molar-refractivity contribution is 5.47. The number of hydrogen-bond acceptors (Lipinski definition) is 4. The molecular weight excluding hydrogens is 212 g/mol. The lowest BCUT2D eigenvalue weighted by molar-refractivity contribution is 0.462. The molecule has 0 amide bonds. The maximum Gasteiger partial charge on any atom is 0.131 e. The molecule has 0 bridgehead atoms. The highest BCUT2D eigenvalue weighted by atomic mass is 15.1. The zero-order chi connectivity index (χ0) is 11.9. The summed E-state index contributed by atoms with van der Waals surface area (Å²) < 4.78 is 0. The highest BCUT2D eigenvalue weighted by Crippen LogP contribution is 2.21. The molecule has 1 aromatic heterocycles. The van der Waals surface area contributed by atoms with Crippen molar-refractivity contribution in [1.82, 2.24) is 9.97 Å². The lowest BCUT2D eigenvalue weighted by Gasteiger charge is -2.23. The standard InChI is InChI=1S/C13H20N4/c1-2-8-14-12-9-13(16-10-15-12)17-11-6-4-3-5-7-11/h2,9-11H,1,3-8H2,(H2,14,15,16,17). The van der Waals surface area contributed by atoms with Crippen LogP contribution in [0.2, 0.25) is 0 Å². The van der Waals surface area contributed by atoms with E-state index in [0.717, 1.165) is 18.2 Å². The number of aromatic nitrogens is 2. The summed E-state index contributed by atoms with van der Waals surface area (Å²) in [6.07, 6.45) is 9.93. The lowest BCUT2D eigenvalue weighted by Crippen LogP contribution is -2.22. The van der Waals surface area contributed by atoms with Crippen molar-refractivity contribution in [2.24, 2.45) is 0 Å². The Morgan fingerprint density at radius 1 is 1.24 bits per heavy atom. The van der Waals surface area contributed by atoms with E-state index in [2.05, 4.69) is 27.2 Å². The summed E-state index contributed by atoms with van der Waals surface area (Å²) in [7, 11) is 0. The minimum Gasteiger partial charge on any atom is -0.367 e. The maximum atomic E-state index is 4.25. The van der Waals surface area contributed by atoms with Gasteiger partial charge >= 0.3 is 0 Å². The first-order valence-electron chi connectivity index (χ1n) is 6.32. The minimum atomic E-state index is 0.575. The fraction of sp³-hybridized carbons (Fsp3) is 0.538. The van der Waals surface area contributed by atoms with E-state index in [0.29, 0.717) is 6.04 Å². The van der Waals surface area contributed by atoms with E-state index in [9.17, 15) is 0 Å². The second-order valence-corrected chi connectivity index (χ2v) is 4.44. The molecular formula is C13H20N4. The Bertz CT molecular complexity index is 358. The summed E-state index contributed by atoms with van der Waals surface area (Å²) in [6.45, 7) is 4.39. The average Bonchev–Trinajstić information content (AvgIpc) is 2.38. The van der Waals surface area contributed by atoms with Crippen LogP contribution in [0.4, 0.5) is 11.6 Å². The molecule has 92 valence electrons. The third-order valence-electron chi connectivity index (χ3n) is 3.05. The SMILES string of the molecule is C=CCNc1cc(NC2CCCCC2)ncn1. The van der Waals surface area contributed by atoms with Gasteiger partial charge in [-0.25, -0.2) is 9.97 Å². The van der Waals surface area contributed by atoms with Crippen LogP contribution in [0.5, 0.6) is 0 Å². The molecule has 2 N–H and O–H groups in total. The summed E-state index contributed by atoms with van der Waals surface area (Å²) in [5.74, 6) is 1.76. The van der Waals surface area contributed by atoms with Crippen LogP contribution >= 0.6 is 0 Å². The third kappa shape index (κ3) is 3.73. The molecule has 1 aromatic rings. The monoisotopic (exact) mass is 232 g/mol. The topological polar surface area (TPSA) is 49.8 Å². The van der Waals surface area contributed by atoms with E-state index >= 15 is 0 Å². The predicted octanol–water partition coefficient (Wildman–Crippen LogP) is 2.82. The van der Waals surface area contributed by atoms with Gasteiger partial charge in [0.25, 0.3) is 0 Å². The summed E-state index contributed by atoms with van der Waals surface area (Å²) in [4.78, 5) is 8.41. The van der Waals surface area contributed by atoms with Crippen molar-refractivity contribution < 1.29 is 0 Å². The van der Waals surface area contributed by atoms with E-state index in [1.165, 1.54) is 32.1 Å². The van der Waals surface area contributed by atoms with E-state index in [-0.39, 0.29) is 0 Å².